The first-order valence-electron chi connectivity index (χ1n) is 12.4. The Balaban J connectivity index is 1.27. The summed E-state index contributed by atoms with van der Waals surface area (Å²) in [7, 11) is 1.94. The minimum atomic E-state index is 0.137. The van der Waals surface area contributed by atoms with Gasteiger partial charge in [-0.05, 0) is 49.8 Å². The first-order chi connectivity index (χ1) is 16.1. The number of aromatic nitrogens is 2. The van der Waals surface area contributed by atoms with Crippen LogP contribution in [0.25, 0.3) is 0 Å². The smallest absolute Gasteiger partial charge is 0.219 e. The quantitative estimate of drug-likeness (QED) is 0.725. The highest BCUT2D eigenvalue weighted by atomic mass is 16.5. The maximum atomic E-state index is 11.7. The Hall–Kier alpha value is -2.67. The van der Waals surface area contributed by atoms with Crippen molar-refractivity contribution < 1.29 is 9.53 Å². The van der Waals surface area contributed by atoms with Gasteiger partial charge in [-0.2, -0.15) is 0 Å². The van der Waals surface area contributed by atoms with Gasteiger partial charge in [-0.25, -0.2) is 9.97 Å². The Morgan fingerprint density at radius 2 is 2.03 bits per heavy atom. The van der Waals surface area contributed by atoms with Crippen molar-refractivity contribution >= 4 is 11.7 Å². The molecule has 0 spiro atoms. The topological polar surface area (TPSA) is 70.6 Å². The molecule has 0 radical (unpaired) electrons. The molecule has 3 heterocycles. The van der Waals surface area contributed by atoms with Crippen LogP contribution in [0.4, 0.5) is 5.82 Å². The Labute approximate surface area is 196 Å². The molecule has 1 aliphatic carbocycles. The van der Waals surface area contributed by atoms with Crippen LogP contribution in [0, 0.1) is 0 Å². The second-order valence-electron chi connectivity index (χ2n) is 9.69. The van der Waals surface area contributed by atoms with Crippen molar-refractivity contribution in [3.8, 4) is 5.75 Å². The lowest BCUT2D eigenvalue weighted by atomic mass is 10.0. The molecule has 1 unspecified atom stereocenters. The molecular formula is C26H35N5O2. The first-order valence-corrected chi connectivity index (χ1v) is 12.4. The van der Waals surface area contributed by atoms with Crippen LogP contribution in [0.2, 0.25) is 0 Å². The zero-order valence-corrected chi connectivity index (χ0v) is 19.8. The van der Waals surface area contributed by atoms with E-state index in [4.69, 9.17) is 14.7 Å². The van der Waals surface area contributed by atoms with Gasteiger partial charge in [0.25, 0.3) is 0 Å². The molecule has 176 valence electrons. The van der Waals surface area contributed by atoms with Gasteiger partial charge in [-0.1, -0.05) is 12.1 Å². The third-order valence-corrected chi connectivity index (χ3v) is 7.30. The SMILES string of the molecule is CNc1nc(C2CCN(C(C)=O)C2)nc2c1CN(Cc1cccc(OC3CCCC3)c1)CC2. The lowest BCUT2D eigenvalue weighted by Gasteiger charge is -2.30. The summed E-state index contributed by atoms with van der Waals surface area (Å²) >= 11 is 0. The second-order valence-corrected chi connectivity index (χ2v) is 9.69. The van der Waals surface area contributed by atoms with Crippen LogP contribution in [-0.4, -0.2) is 58.5 Å². The Kier molecular flexibility index (Phi) is 6.49. The lowest BCUT2D eigenvalue weighted by molar-refractivity contribution is -0.127. The van der Waals surface area contributed by atoms with Crippen molar-refractivity contribution in [3.63, 3.8) is 0 Å². The van der Waals surface area contributed by atoms with E-state index >= 15 is 0 Å². The van der Waals surface area contributed by atoms with E-state index in [-0.39, 0.29) is 11.8 Å². The number of rotatable bonds is 6. The normalized spacial score (nSPS) is 21.3. The van der Waals surface area contributed by atoms with E-state index in [0.717, 1.165) is 68.7 Å². The highest BCUT2D eigenvalue weighted by Crippen LogP contribution is 2.31. The fourth-order valence-electron chi connectivity index (χ4n) is 5.44. The van der Waals surface area contributed by atoms with Gasteiger partial charge in [-0.3, -0.25) is 9.69 Å². The summed E-state index contributed by atoms with van der Waals surface area (Å²) in [5.41, 5.74) is 3.64. The van der Waals surface area contributed by atoms with Crippen LogP contribution in [0.15, 0.2) is 24.3 Å². The fraction of sp³-hybridized carbons (Fsp3) is 0.577. The van der Waals surface area contributed by atoms with Crippen LogP contribution in [0.3, 0.4) is 0 Å². The molecule has 5 rings (SSSR count). The molecule has 7 heteroatoms. The number of hydrogen-bond donors (Lipinski definition) is 1. The van der Waals surface area contributed by atoms with Gasteiger partial charge in [-0.15, -0.1) is 0 Å². The first kappa shape index (κ1) is 22.1. The summed E-state index contributed by atoms with van der Waals surface area (Å²) in [5, 5.41) is 3.31. The van der Waals surface area contributed by atoms with E-state index < -0.39 is 0 Å². The molecule has 1 aromatic carbocycles. The number of benzene rings is 1. The molecule has 1 saturated heterocycles. The van der Waals surface area contributed by atoms with E-state index in [9.17, 15) is 4.79 Å². The highest BCUT2D eigenvalue weighted by molar-refractivity contribution is 5.73. The van der Waals surface area contributed by atoms with Gasteiger partial charge in [0.2, 0.25) is 5.91 Å². The summed E-state index contributed by atoms with van der Waals surface area (Å²) in [6.07, 6.45) is 7.16. The number of carbonyl (C=O) groups excluding carboxylic acids is 1. The van der Waals surface area contributed by atoms with Crippen molar-refractivity contribution in [1.29, 1.82) is 0 Å². The van der Waals surface area contributed by atoms with E-state index in [1.807, 2.05) is 11.9 Å². The molecule has 1 amide bonds. The molecular weight excluding hydrogens is 414 g/mol. The number of amides is 1. The van der Waals surface area contributed by atoms with Gasteiger partial charge in [0.05, 0.1) is 11.8 Å². The van der Waals surface area contributed by atoms with E-state index in [1.165, 1.54) is 36.8 Å². The molecule has 1 aromatic heterocycles. The molecule has 1 N–H and O–H groups in total. The van der Waals surface area contributed by atoms with Gasteiger partial charge < -0.3 is 15.0 Å². The minimum Gasteiger partial charge on any atom is -0.490 e. The minimum absolute atomic E-state index is 0.137. The Morgan fingerprint density at radius 1 is 1.18 bits per heavy atom. The van der Waals surface area contributed by atoms with Crippen molar-refractivity contribution in [3.05, 3.63) is 46.9 Å². The summed E-state index contributed by atoms with van der Waals surface area (Å²) in [4.78, 5) is 26.0. The van der Waals surface area contributed by atoms with Gasteiger partial charge in [0.1, 0.15) is 17.4 Å². The van der Waals surface area contributed by atoms with Gasteiger partial charge in [0, 0.05) is 64.6 Å². The molecule has 7 nitrogen and oxygen atoms in total. The van der Waals surface area contributed by atoms with E-state index in [2.05, 4.69) is 34.5 Å². The monoisotopic (exact) mass is 449 g/mol. The molecule has 2 aliphatic heterocycles. The third kappa shape index (κ3) is 4.98. The number of carbonyl (C=O) groups is 1. The number of nitrogens with one attached hydrogen (secondary N) is 1. The van der Waals surface area contributed by atoms with Crippen LogP contribution in [0.5, 0.6) is 5.75 Å². The van der Waals surface area contributed by atoms with Gasteiger partial charge in [0.15, 0.2) is 0 Å². The second kappa shape index (κ2) is 9.67. The average molecular weight is 450 g/mol. The largest absolute Gasteiger partial charge is 0.490 e. The Morgan fingerprint density at radius 3 is 2.79 bits per heavy atom. The van der Waals surface area contributed by atoms with E-state index in [1.54, 1.807) is 6.92 Å². The maximum absolute atomic E-state index is 11.7. The van der Waals surface area contributed by atoms with Gasteiger partial charge >= 0.3 is 0 Å². The van der Waals surface area contributed by atoms with Crippen LogP contribution < -0.4 is 10.1 Å². The highest BCUT2D eigenvalue weighted by Gasteiger charge is 2.30. The number of ether oxygens (including phenoxy) is 1. The van der Waals surface area contributed by atoms with Crippen molar-refractivity contribution in [2.75, 3.05) is 32.0 Å². The number of fused-ring (bicyclic) bond motifs is 1. The predicted octanol–water partition coefficient (Wildman–Crippen LogP) is 3.73. The summed E-state index contributed by atoms with van der Waals surface area (Å²) < 4.78 is 6.21. The maximum Gasteiger partial charge on any atom is 0.219 e. The molecule has 1 saturated carbocycles. The average Bonchev–Trinajstić information content (AvgIpc) is 3.51. The van der Waals surface area contributed by atoms with Crippen LogP contribution >= 0.6 is 0 Å². The predicted molar refractivity (Wildman–Crippen MR) is 128 cm³/mol. The number of nitrogens with zero attached hydrogens (tertiary/aromatic N) is 4. The number of anilines is 1. The molecule has 2 fully saturated rings. The van der Waals surface area contributed by atoms with Crippen molar-refractivity contribution in [2.45, 2.75) is 70.6 Å². The summed E-state index contributed by atoms with van der Waals surface area (Å²) in [6.45, 7) is 5.87. The summed E-state index contributed by atoms with van der Waals surface area (Å²) in [6, 6.07) is 8.58. The number of likely N-dealkylation sites (tertiary alicyclic amines) is 1. The molecule has 0 bridgehead atoms. The van der Waals surface area contributed by atoms with Crippen molar-refractivity contribution in [2.24, 2.45) is 0 Å². The standard InChI is InChI=1S/C26H35N5O2/c1-18(32)31-13-10-20(16-31)25-28-24-11-12-30(17-23(24)26(27-2)29-25)15-19-6-5-9-22(14-19)33-21-7-3-4-8-21/h5-6,9,14,20-21H,3-4,7-8,10-13,15-17H2,1-2H3,(H,27,28,29). The molecule has 1 atom stereocenters. The lowest BCUT2D eigenvalue weighted by Crippen LogP contribution is -2.32. The molecule has 2 aromatic rings. The van der Waals surface area contributed by atoms with Crippen LogP contribution in [-0.2, 0) is 24.3 Å². The Bertz CT molecular complexity index is 987. The third-order valence-electron chi connectivity index (χ3n) is 7.30. The molecule has 33 heavy (non-hydrogen) atoms. The summed E-state index contributed by atoms with van der Waals surface area (Å²) in [5.74, 6) is 3.17. The van der Waals surface area contributed by atoms with Crippen LogP contribution in [0.1, 0.15) is 67.6 Å². The zero-order valence-electron chi connectivity index (χ0n) is 19.8. The fourth-order valence-corrected chi connectivity index (χ4v) is 5.44. The van der Waals surface area contributed by atoms with E-state index in [0.29, 0.717) is 6.10 Å². The number of hydrogen-bond acceptors (Lipinski definition) is 6. The molecule has 3 aliphatic rings. The van der Waals surface area contributed by atoms with Crippen molar-refractivity contribution in [1.82, 2.24) is 19.8 Å². The zero-order chi connectivity index (χ0) is 22.8.